The van der Waals surface area contributed by atoms with Gasteiger partial charge >= 0.3 is 29.6 Å². The molecule has 2 bridgehead atoms. The van der Waals surface area contributed by atoms with Gasteiger partial charge in [0.1, 0.15) is 0 Å². The van der Waals surface area contributed by atoms with Crippen LogP contribution < -0.4 is 34.7 Å². The second-order valence-electron chi connectivity index (χ2n) is 4.82. The van der Waals surface area contributed by atoms with E-state index in [1.807, 2.05) is 6.92 Å². The molecule has 3 heteroatoms. The van der Waals surface area contributed by atoms with Gasteiger partial charge in [-0.2, -0.15) is 0 Å². The average molecular weight is 190 g/mol. The molecule has 1 atom stereocenters. The van der Waals surface area contributed by atoms with Gasteiger partial charge in [0.05, 0.1) is 0 Å². The third kappa shape index (κ3) is 1.22. The summed E-state index contributed by atoms with van der Waals surface area (Å²) in [6, 6.07) is 0. The molecule has 0 aromatic carbocycles. The molecule has 2 aliphatic rings. The Morgan fingerprint density at radius 2 is 1.77 bits per heavy atom. The van der Waals surface area contributed by atoms with Crippen molar-refractivity contribution < 1.29 is 39.5 Å². The van der Waals surface area contributed by atoms with Crippen molar-refractivity contribution in [2.45, 2.75) is 39.5 Å². The Labute approximate surface area is 101 Å². The molecule has 2 rings (SSSR count). The molecular weight excluding hydrogens is 175 g/mol. The van der Waals surface area contributed by atoms with E-state index in [0.29, 0.717) is 5.92 Å². The maximum atomic E-state index is 11.1. The van der Waals surface area contributed by atoms with Crippen LogP contribution in [0.1, 0.15) is 39.5 Å². The summed E-state index contributed by atoms with van der Waals surface area (Å²) >= 11 is 0. The molecule has 0 N–H and O–H groups in total. The third-order valence-electron chi connectivity index (χ3n) is 4.58. The van der Waals surface area contributed by atoms with Crippen molar-refractivity contribution in [1.29, 1.82) is 0 Å². The number of hydrogen-bond donors (Lipinski definition) is 0. The van der Waals surface area contributed by atoms with Crippen molar-refractivity contribution in [1.82, 2.24) is 0 Å². The minimum atomic E-state index is -0.829. The normalized spacial score (nSPS) is 47.4. The first-order valence-electron chi connectivity index (χ1n) is 4.72. The number of aliphatic carboxylic acids is 1. The molecule has 1 unspecified atom stereocenters. The van der Waals surface area contributed by atoms with Crippen LogP contribution in [0.15, 0.2) is 0 Å². The molecule has 0 aliphatic heterocycles. The summed E-state index contributed by atoms with van der Waals surface area (Å²) in [5.74, 6) is -0.447. The van der Waals surface area contributed by atoms with Gasteiger partial charge in [-0.15, -0.1) is 0 Å². The molecule has 0 amide bonds. The van der Waals surface area contributed by atoms with Gasteiger partial charge in [-0.3, -0.25) is 0 Å². The number of carbonyl (C=O) groups is 1. The van der Waals surface area contributed by atoms with Crippen LogP contribution in [0.3, 0.4) is 0 Å². The zero-order valence-corrected chi connectivity index (χ0v) is 10.7. The first-order chi connectivity index (χ1) is 5.51. The Morgan fingerprint density at radius 3 is 1.92 bits per heavy atom. The molecule has 0 heterocycles. The van der Waals surface area contributed by atoms with E-state index >= 15 is 0 Å². The summed E-state index contributed by atoms with van der Waals surface area (Å²) in [7, 11) is 0. The van der Waals surface area contributed by atoms with Crippen molar-refractivity contribution in [3.8, 4) is 0 Å². The fourth-order valence-electron chi connectivity index (χ4n) is 3.26. The van der Waals surface area contributed by atoms with Gasteiger partial charge in [-0.05, 0) is 37.0 Å². The summed E-state index contributed by atoms with van der Waals surface area (Å²) in [4.78, 5) is 11.1. The monoisotopic (exact) mass is 190 g/mol. The summed E-state index contributed by atoms with van der Waals surface area (Å²) < 4.78 is 0. The molecule has 0 radical (unpaired) electrons. The topological polar surface area (TPSA) is 40.1 Å². The van der Waals surface area contributed by atoms with Crippen LogP contribution in [0.2, 0.25) is 0 Å². The van der Waals surface area contributed by atoms with Crippen molar-refractivity contribution >= 4 is 5.97 Å². The van der Waals surface area contributed by atoms with Crippen molar-refractivity contribution in [3.63, 3.8) is 0 Å². The standard InChI is InChI=1S/C10H16O2.Na/c1-9-5-3-7(4-6-9)10(9,2)8(11)12;/h7H,3-6H2,1-2H3,(H,11,12);/q;+1/p-1. The predicted octanol–water partition coefficient (Wildman–Crippen LogP) is -2.04. The van der Waals surface area contributed by atoms with Crippen LogP contribution in [-0.4, -0.2) is 5.97 Å². The van der Waals surface area contributed by atoms with Crippen molar-refractivity contribution in [2.24, 2.45) is 16.7 Å². The van der Waals surface area contributed by atoms with Gasteiger partial charge in [0, 0.05) is 11.4 Å². The maximum absolute atomic E-state index is 11.1. The summed E-state index contributed by atoms with van der Waals surface area (Å²) in [5, 5.41) is 11.1. The fraction of sp³-hybridized carbons (Fsp3) is 0.900. The average Bonchev–Trinajstić information content (AvgIpc) is 2.40. The van der Waals surface area contributed by atoms with Gasteiger partial charge in [0.15, 0.2) is 0 Å². The molecule has 2 nitrogen and oxygen atoms in total. The molecule has 0 saturated heterocycles. The van der Waals surface area contributed by atoms with E-state index in [9.17, 15) is 9.90 Å². The Kier molecular flexibility index (Phi) is 2.89. The molecule has 2 aliphatic carbocycles. The molecule has 2 fully saturated rings. The molecule has 0 spiro atoms. The Bertz CT molecular complexity index is 231. The smallest absolute Gasteiger partial charge is 0.550 e. The minimum absolute atomic E-state index is 0. The molecule has 13 heavy (non-hydrogen) atoms. The first kappa shape index (κ1) is 11.5. The van der Waals surface area contributed by atoms with E-state index in [4.69, 9.17) is 0 Å². The van der Waals surface area contributed by atoms with Crippen LogP contribution in [0, 0.1) is 16.7 Å². The van der Waals surface area contributed by atoms with Crippen molar-refractivity contribution in [3.05, 3.63) is 0 Å². The number of hydrogen-bond acceptors (Lipinski definition) is 2. The second kappa shape index (κ2) is 3.25. The van der Waals surface area contributed by atoms with E-state index in [-0.39, 0.29) is 35.0 Å². The summed E-state index contributed by atoms with van der Waals surface area (Å²) in [6.45, 7) is 3.99. The largest absolute Gasteiger partial charge is 1.00 e. The zero-order valence-electron chi connectivity index (χ0n) is 8.72. The van der Waals surface area contributed by atoms with E-state index in [2.05, 4.69) is 6.92 Å². The van der Waals surface area contributed by atoms with Crippen LogP contribution in [0.25, 0.3) is 0 Å². The number of carboxylic acids is 1. The minimum Gasteiger partial charge on any atom is -0.550 e. The van der Waals surface area contributed by atoms with Crippen LogP contribution in [0.5, 0.6) is 0 Å². The predicted molar refractivity (Wildman–Crippen MR) is 43.2 cm³/mol. The van der Waals surface area contributed by atoms with E-state index in [0.717, 1.165) is 25.7 Å². The van der Waals surface area contributed by atoms with Gasteiger partial charge in [0.2, 0.25) is 0 Å². The number of carbonyl (C=O) groups excluding carboxylic acids is 1. The van der Waals surface area contributed by atoms with E-state index in [1.54, 1.807) is 0 Å². The number of rotatable bonds is 1. The van der Waals surface area contributed by atoms with Gasteiger partial charge in [-0.1, -0.05) is 13.8 Å². The van der Waals surface area contributed by atoms with E-state index < -0.39 is 11.4 Å². The van der Waals surface area contributed by atoms with Crippen molar-refractivity contribution in [2.75, 3.05) is 0 Å². The van der Waals surface area contributed by atoms with Gasteiger partial charge in [-0.25, -0.2) is 0 Å². The summed E-state index contributed by atoms with van der Waals surface area (Å²) in [5.41, 5.74) is -0.510. The second-order valence-corrected chi connectivity index (χ2v) is 4.82. The quantitative estimate of drug-likeness (QED) is 0.447. The van der Waals surface area contributed by atoms with Gasteiger partial charge < -0.3 is 9.90 Å². The zero-order chi connectivity index (χ0) is 8.98. The van der Waals surface area contributed by atoms with Crippen LogP contribution in [-0.2, 0) is 4.79 Å². The fourth-order valence-corrected chi connectivity index (χ4v) is 3.26. The number of fused-ring (bicyclic) bond motifs is 2. The maximum Gasteiger partial charge on any atom is 1.00 e. The van der Waals surface area contributed by atoms with E-state index in [1.165, 1.54) is 0 Å². The Balaban J connectivity index is 0.000000845. The van der Waals surface area contributed by atoms with Crippen LogP contribution in [0.4, 0.5) is 0 Å². The third-order valence-corrected chi connectivity index (χ3v) is 4.58. The molecule has 68 valence electrons. The molecule has 2 saturated carbocycles. The number of carboxylic acid groups (broad SMARTS) is 1. The Hall–Kier alpha value is 0.470. The molecule has 0 aromatic heterocycles. The van der Waals surface area contributed by atoms with Gasteiger partial charge in [0.25, 0.3) is 0 Å². The first-order valence-corrected chi connectivity index (χ1v) is 4.72. The van der Waals surface area contributed by atoms with Crippen LogP contribution >= 0.6 is 0 Å². The molecular formula is C10H15NaO2. The SMILES string of the molecule is CC12CCC(CC1)C2(C)C(=O)[O-].[Na+]. The molecule has 0 aromatic rings. The Morgan fingerprint density at radius 1 is 1.31 bits per heavy atom. The summed E-state index contributed by atoms with van der Waals surface area (Å²) in [6.07, 6.45) is 4.31.